The molecule has 0 aliphatic carbocycles. The fourth-order valence-electron chi connectivity index (χ4n) is 5.39. The van der Waals surface area contributed by atoms with Crippen molar-refractivity contribution in [1.82, 2.24) is 0 Å². The summed E-state index contributed by atoms with van der Waals surface area (Å²) in [6.07, 6.45) is 6.74. The van der Waals surface area contributed by atoms with E-state index in [1.807, 2.05) is 0 Å². The van der Waals surface area contributed by atoms with Gasteiger partial charge < -0.3 is 0 Å². The number of rotatable bonds is 15. The van der Waals surface area contributed by atoms with Gasteiger partial charge in [-0.1, -0.05) is 92.1 Å². The molecule has 0 aliphatic rings. The van der Waals surface area contributed by atoms with Gasteiger partial charge in [-0.25, -0.2) is 39.5 Å². The van der Waals surface area contributed by atoms with E-state index in [1.165, 1.54) is 24.2 Å². The number of unbranched alkanes of at least 4 members (excludes halogenated alkanes) is 3. The van der Waals surface area contributed by atoms with E-state index < -0.39 is 85.4 Å². The molecule has 2 aromatic rings. The van der Waals surface area contributed by atoms with E-state index in [4.69, 9.17) is 0 Å². The summed E-state index contributed by atoms with van der Waals surface area (Å²) in [5.74, 6) is -20.9. The topological polar surface area (TPSA) is 0 Å². The first kappa shape index (κ1) is 32.7. The van der Waals surface area contributed by atoms with Crippen molar-refractivity contribution in [2.45, 2.75) is 89.9 Å². The molecule has 2 rings (SSSR count). The van der Waals surface area contributed by atoms with Gasteiger partial charge >= 0.3 is 0 Å². The molecule has 0 aliphatic heterocycles. The molecule has 1 unspecified atom stereocenters. The lowest BCUT2D eigenvalue weighted by atomic mass is 10.0. The molecule has 0 amide bonds. The van der Waals surface area contributed by atoms with Crippen LogP contribution in [0.4, 0.5) is 39.5 Å². The second-order valence-corrected chi connectivity index (χ2v) is 16.1. The van der Waals surface area contributed by atoms with Crippen LogP contribution in [0.3, 0.4) is 0 Å². The molecule has 1 atom stereocenters. The van der Waals surface area contributed by atoms with Gasteiger partial charge in [0.1, 0.15) is 0 Å². The van der Waals surface area contributed by atoms with Crippen molar-refractivity contribution in [1.29, 1.82) is 0 Å². The number of halogens is 9. The number of hydrogen-bond acceptors (Lipinski definition) is 0. The maximum Gasteiger partial charge on any atom is 0.200 e. The Morgan fingerprint density at radius 2 is 0.842 bits per heavy atom. The maximum absolute atomic E-state index is 14.6. The highest BCUT2D eigenvalue weighted by molar-refractivity contribution is 7.47. The second-order valence-electron chi connectivity index (χ2n) is 9.79. The lowest BCUT2D eigenvalue weighted by Gasteiger charge is -2.31. The highest BCUT2D eigenvalue weighted by Gasteiger charge is 2.34. The fraction of sp³-hybridized carbons (Fsp3) is 0.556. The summed E-state index contributed by atoms with van der Waals surface area (Å²) in [5.41, 5.74) is -3.30. The van der Waals surface area contributed by atoms with Gasteiger partial charge in [-0.15, -0.1) is 0 Å². The Hall–Kier alpha value is -1.54. The van der Waals surface area contributed by atoms with E-state index in [9.17, 15) is 39.5 Å². The van der Waals surface area contributed by atoms with Gasteiger partial charge in [0, 0.05) is 10.9 Å². The van der Waals surface area contributed by atoms with Crippen molar-refractivity contribution >= 4 is 22.0 Å². The van der Waals surface area contributed by atoms with E-state index in [0.717, 1.165) is 32.1 Å². The average molecular weight is 589 g/mol. The molecule has 214 valence electrons. The fourth-order valence-corrected chi connectivity index (χ4v) is 12.4. The van der Waals surface area contributed by atoms with Crippen LogP contribution < -0.4 is 5.30 Å². The molecule has 0 aromatic heterocycles. The van der Waals surface area contributed by atoms with Crippen LogP contribution in [0.2, 0.25) is 24.2 Å². The minimum atomic E-state index is -2.50. The first-order chi connectivity index (χ1) is 18.0. The minimum absolute atomic E-state index is 0.144. The van der Waals surface area contributed by atoms with Crippen molar-refractivity contribution in [3.8, 4) is 11.1 Å². The largest absolute Gasteiger partial charge is 0.203 e. The zero-order chi connectivity index (χ0) is 28.6. The van der Waals surface area contributed by atoms with Crippen molar-refractivity contribution < 1.29 is 39.5 Å². The zero-order valence-corrected chi connectivity index (χ0v) is 23.9. The molecule has 0 N–H and O–H groups in total. The Labute approximate surface area is 221 Å². The van der Waals surface area contributed by atoms with Gasteiger partial charge in [-0.05, 0) is 12.6 Å². The predicted octanol–water partition coefficient (Wildman–Crippen LogP) is 10.1. The molecular formula is C27H34F9PSi. The third kappa shape index (κ3) is 7.15. The third-order valence-electron chi connectivity index (χ3n) is 7.00. The smallest absolute Gasteiger partial charge is 0.200 e. The molecule has 0 saturated heterocycles. The quantitative estimate of drug-likeness (QED) is 0.0485. The zero-order valence-electron chi connectivity index (χ0n) is 21.9. The molecule has 0 bridgehead atoms. The van der Waals surface area contributed by atoms with Crippen LogP contribution in [0, 0.1) is 52.4 Å². The molecule has 38 heavy (non-hydrogen) atoms. The molecule has 0 spiro atoms. The summed E-state index contributed by atoms with van der Waals surface area (Å²) in [4.78, 5) is 0. The van der Waals surface area contributed by atoms with E-state index in [0.29, 0.717) is 12.8 Å². The number of benzene rings is 2. The van der Waals surface area contributed by atoms with Crippen molar-refractivity contribution in [3.05, 3.63) is 52.4 Å². The molecule has 0 saturated carbocycles. The number of hydrogen-bond donors (Lipinski definition) is 0. The summed E-state index contributed by atoms with van der Waals surface area (Å²) < 4.78 is 127. The molecular weight excluding hydrogens is 554 g/mol. The first-order valence-electron chi connectivity index (χ1n) is 13.1. The van der Waals surface area contributed by atoms with Gasteiger partial charge in [-0.3, -0.25) is 0 Å². The van der Waals surface area contributed by atoms with Crippen LogP contribution in [0.15, 0.2) is 0 Å². The van der Waals surface area contributed by atoms with E-state index >= 15 is 0 Å². The molecule has 2 aromatic carbocycles. The van der Waals surface area contributed by atoms with Gasteiger partial charge in [0.2, 0.25) is 5.82 Å². The second kappa shape index (κ2) is 14.7. The van der Waals surface area contributed by atoms with E-state index in [1.54, 1.807) is 0 Å². The van der Waals surface area contributed by atoms with Gasteiger partial charge in [0.25, 0.3) is 0 Å². The van der Waals surface area contributed by atoms with Crippen molar-refractivity contribution in [2.24, 2.45) is 0 Å². The highest BCUT2D eigenvalue weighted by atomic mass is 31.1. The van der Waals surface area contributed by atoms with Crippen LogP contribution in [0.25, 0.3) is 11.1 Å². The van der Waals surface area contributed by atoms with Crippen LogP contribution in [-0.2, 0) is 0 Å². The summed E-state index contributed by atoms with van der Waals surface area (Å²) in [6, 6.07) is 5.07. The Morgan fingerprint density at radius 1 is 0.447 bits per heavy atom. The van der Waals surface area contributed by atoms with Crippen LogP contribution in [-0.4, -0.2) is 14.2 Å². The van der Waals surface area contributed by atoms with Gasteiger partial charge in [0.15, 0.2) is 46.5 Å². The van der Waals surface area contributed by atoms with Crippen LogP contribution in [0.1, 0.15) is 65.7 Å². The van der Waals surface area contributed by atoms with Crippen molar-refractivity contribution in [2.75, 3.05) is 6.16 Å². The predicted molar refractivity (Wildman–Crippen MR) is 139 cm³/mol. The lowest BCUT2D eigenvalue weighted by Crippen LogP contribution is -2.33. The van der Waals surface area contributed by atoms with Gasteiger partial charge in [-0.2, -0.15) is 0 Å². The minimum Gasteiger partial charge on any atom is -0.203 e. The van der Waals surface area contributed by atoms with Crippen molar-refractivity contribution in [3.63, 3.8) is 0 Å². The lowest BCUT2D eigenvalue weighted by molar-refractivity contribution is 0.379. The standard InChI is InChI=1S/C27H34F9PSi/c1-4-12-38(13-5-2,14-6-3)15-10-8-7-9-11-37-27-17(20(30)23(33)25(35)26(27)36)16-18(28)21(31)24(34)22(32)19(16)29/h37H,4-15H2,1-3H3. The van der Waals surface area contributed by atoms with E-state index in [-0.39, 0.29) is 6.16 Å². The normalized spacial score (nSPS) is 12.3. The Balaban J connectivity index is 2.20. The highest BCUT2D eigenvalue weighted by Crippen LogP contribution is 2.37. The molecule has 0 fully saturated rings. The first-order valence-corrected chi connectivity index (χ1v) is 17.1. The summed E-state index contributed by atoms with van der Waals surface area (Å²) in [5, 5.41) is -0.940. The molecule has 0 radical (unpaired) electrons. The third-order valence-corrected chi connectivity index (χ3v) is 14.5. The van der Waals surface area contributed by atoms with Gasteiger partial charge in [0.05, 0.1) is 13.6 Å². The monoisotopic (exact) mass is 588 g/mol. The Bertz CT molecular complexity index is 1060. The molecule has 11 heteroatoms. The van der Waals surface area contributed by atoms with Crippen LogP contribution >= 0.6 is 8.58 Å². The molecule has 0 heterocycles. The maximum atomic E-state index is 14.6. The summed E-state index contributed by atoms with van der Waals surface area (Å²) >= 11 is 0. The van der Waals surface area contributed by atoms with E-state index in [2.05, 4.69) is 20.8 Å². The average Bonchev–Trinajstić information content (AvgIpc) is 2.89. The van der Waals surface area contributed by atoms with Crippen LogP contribution in [0.5, 0.6) is 0 Å². The Morgan fingerprint density at radius 3 is 1.32 bits per heavy atom. The molecule has 0 nitrogen and oxygen atoms in total. The summed E-state index contributed by atoms with van der Waals surface area (Å²) in [7, 11) is -2.12. The SMILES string of the molecule is CCC[Si](CCC)(CCC)CCCCCCPc1c(F)c(F)c(F)c(F)c1-c1c(F)c(F)c(F)c(F)c1F. The summed E-state index contributed by atoms with van der Waals surface area (Å²) in [6.45, 7) is 6.61. The Kier molecular flexibility index (Phi) is 12.7.